The average Bonchev–Trinajstić information content (AvgIpc) is 3.33. The van der Waals surface area contributed by atoms with Crippen LogP contribution >= 0.6 is 11.6 Å². The molecule has 1 amide bonds. The third kappa shape index (κ3) is 3.77. The van der Waals surface area contributed by atoms with Crippen LogP contribution in [0.2, 0.25) is 5.02 Å². The van der Waals surface area contributed by atoms with Crippen LogP contribution in [0.15, 0.2) is 24.3 Å². The molecule has 0 bridgehead atoms. The van der Waals surface area contributed by atoms with Crippen molar-refractivity contribution in [3.8, 4) is 0 Å². The minimum Gasteiger partial charge on any atom is -0.341 e. The summed E-state index contributed by atoms with van der Waals surface area (Å²) in [4.78, 5) is 13.3. The molecule has 0 unspecified atom stereocenters. The molecule has 1 aromatic carbocycles. The van der Waals surface area contributed by atoms with Gasteiger partial charge in [-0.1, -0.05) is 24.4 Å². The monoisotopic (exact) mass is 463 g/mol. The number of hydrogen-bond acceptors (Lipinski definition) is 6. The van der Waals surface area contributed by atoms with E-state index in [1.54, 1.807) is 24.3 Å². The number of amides is 1. The molecule has 1 N–H and O–H groups in total. The normalized spacial score (nSPS) is 37.2. The minimum atomic E-state index is -0.847. The van der Waals surface area contributed by atoms with Crippen LogP contribution in [0.1, 0.15) is 64.2 Å². The second kappa shape index (κ2) is 8.22. The second-order valence-electron chi connectivity index (χ2n) is 9.73. The van der Waals surface area contributed by atoms with E-state index < -0.39 is 36.2 Å². The Morgan fingerprint density at radius 1 is 0.781 bits per heavy atom. The third-order valence-corrected chi connectivity index (χ3v) is 7.73. The number of hydrogen-bond donors (Lipinski definition) is 1. The average molecular weight is 464 g/mol. The lowest BCUT2D eigenvalue weighted by Gasteiger charge is -2.36. The van der Waals surface area contributed by atoms with Gasteiger partial charge in [0.25, 0.3) is 5.91 Å². The predicted octanol–water partition coefficient (Wildman–Crippen LogP) is 4.52. The van der Waals surface area contributed by atoms with Crippen LogP contribution < -0.4 is 5.32 Å². The minimum absolute atomic E-state index is 0.273. The maximum Gasteiger partial charge on any atom is 0.256 e. The molecule has 3 aliphatic heterocycles. The molecule has 8 heteroatoms. The maximum absolute atomic E-state index is 13.3. The van der Waals surface area contributed by atoms with Crippen LogP contribution in [-0.2, 0) is 28.5 Å². The van der Waals surface area contributed by atoms with Gasteiger partial charge in [0.15, 0.2) is 24.0 Å². The fourth-order valence-electron chi connectivity index (χ4n) is 5.92. The van der Waals surface area contributed by atoms with Gasteiger partial charge in [0, 0.05) is 36.4 Å². The van der Waals surface area contributed by atoms with Crippen molar-refractivity contribution in [2.75, 3.05) is 5.32 Å². The summed E-state index contributed by atoms with van der Waals surface area (Å²) < 4.78 is 32.2. The maximum atomic E-state index is 13.3. The summed E-state index contributed by atoms with van der Waals surface area (Å²) in [6.45, 7) is 0. The molecule has 32 heavy (non-hydrogen) atoms. The summed E-state index contributed by atoms with van der Waals surface area (Å²) in [5, 5.41) is 3.55. The Morgan fingerprint density at radius 3 is 2.00 bits per heavy atom. The van der Waals surface area contributed by atoms with Gasteiger partial charge in [0.1, 0.15) is 18.3 Å². The Labute approximate surface area is 193 Å². The highest BCUT2D eigenvalue weighted by molar-refractivity contribution is 6.30. The predicted molar refractivity (Wildman–Crippen MR) is 116 cm³/mol. The van der Waals surface area contributed by atoms with Gasteiger partial charge in [-0.3, -0.25) is 4.79 Å². The number of carbonyl (C=O) groups excluding carboxylic acids is 1. The van der Waals surface area contributed by atoms with Crippen LogP contribution in [0.5, 0.6) is 0 Å². The van der Waals surface area contributed by atoms with E-state index in [1.165, 1.54) is 12.8 Å². The van der Waals surface area contributed by atoms with Crippen molar-refractivity contribution >= 4 is 23.2 Å². The molecular formula is C24H30ClNO6. The van der Waals surface area contributed by atoms with Gasteiger partial charge in [0.05, 0.1) is 0 Å². The summed E-state index contributed by atoms with van der Waals surface area (Å²) in [6.07, 6.45) is 7.13. The van der Waals surface area contributed by atoms with E-state index in [9.17, 15) is 4.79 Å². The van der Waals surface area contributed by atoms with E-state index in [0.717, 1.165) is 51.4 Å². The summed E-state index contributed by atoms with van der Waals surface area (Å²) in [5.41, 5.74) is 0.653. The van der Waals surface area contributed by atoms with E-state index >= 15 is 0 Å². The van der Waals surface area contributed by atoms with Gasteiger partial charge in [-0.2, -0.15) is 0 Å². The molecule has 5 fully saturated rings. The Bertz CT molecular complexity index is 851. The zero-order valence-corrected chi connectivity index (χ0v) is 18.9. The lowest BCUT2D eigenvalue weighted by molar-refractivity contribution is -0.246. The number of carbonyl (C=O) groups is 1. The van der Waals surface area contributed by atoms with Gasteiger partial charge in [-0.05, 0) is 49.9 Å². The number of fused-ring (bicyclic) bond motifs is 3. The summed E-state index contributed by atoms with van der Waals surface area (Å²) >= 11 is 5.98. The van der Waals surface area contributed by atoms with Crippen molar-refractivity contribution < 1.29 is 28.5 Å². The molecule has 0 radical (unpaired) electrons. The Hall–Kier alpha value is -1.22. The van der Waals surface area contributed by atoms with Crippen LogP contribution in [0.4, 0.5) is 5.69 Å². The van der Waals surface area contributed by atoms with E-state index in [2.05, 4.69) is 5.32 Å². The van der Waals surface area contributed by atoms with Crippen LogP contribution in [0, 0.1) is 0 Å². The van der Waals surface area contributed by atoms with Crippen molar-refractivity contribution in [3.63, 3.8) is 0 Å². The first-order valence-electron chi connectivity index (χ1n) is 12.0. The quantitative estimate of drug-likeness (QED) is 0.694. The Balaban J connectivity index is 1.27. The number of anilines is 1. The molecular weight excluding hydrogens is 434 g/mol. The van der Waals surface area contributed by atoms with Crippen LogP contribution in [-0.4, -0.2) is 48.2 Å². The number of halogens is 1. The second-order valence-corrected chi connectivity index (χ2v) is 10.2. The standard InChI is InChI=1S/C24H30ClNO6/c25-15-7-9-16(10-8-15)26-21(27)19-17-18(30-23(29-17)11-3-1-4-12-23)20-22(28-19)32-24(31-20)13-5-2-6-14-24/h7-10,17-20,22H,1-6,11-14H2,(H,26,27)/t17-,18+,19+,20+,22+/m0/s1. The first kappa shape index (κ1) is 21.3. The smallest absolute Gasteiger partial charge is 0.256 e. The molecule has 3 saturated heterocycles. The summed E-state index contributed by atoms with van der Waals surface area (Å²) in [6, 6.07) is 7.02. The number of benzene rings is 1. The highest BCUT2D eigenvalue weighted by atomic mass is 35.5. The van der Waals surface area contributed by atoms with Crippen molar-refractivity contribution in [2.24, 2.45) is 0 Å². The largest absolute Gasteiger partial charge is 0.341 e. The first-order chi connectivity index (χ1) is 15.5. The molecule has 2 aliphatic carbocycles. The van der Waals surface area contributed by atoms with Crippen LogP contribution in [0.25, 0.3) is 0 Å². The van der Waals surface area contributed by atoms with E-state index in [4.69, 9.17) is 35.3 Å². The van der Waals surface area contributed by atoms with Gasteiger partial charge < -0.3 is 29.0 Å². The lowest BCUT2D eigenvalue weighted by atomic mass is 9.94. The van der Waals surface area contributed by atoms with E-state index in [-0.39, 0.29) is 12.0 Å². The molecule has 174 valence electrons. The summed E-state index contributed by atoms with van der Waals surface area (Å²) in [7, 11) is 0. The number of ether oxygens (including phenoxy) is 5. The topological polar surface area (TPSA) is 75.3 Å². The first-order valence-corrected chi connectivity index (χ1v) is 12.4. The van der Waals surface area contributed by atoms with Gasteiger partial charge in [-0.15, -0.1) is 0 Å². The molecule has 5 aliphatic rings. The van der Waals surface area contributed by atoms with Crippen molar-refractivity contribution in [3.05, 3.63) is 29.3 Å². The van der Waals surface area contributed by atoms with Gasteiger partial charge in [-0.25, -0.2) is 0 Å². The zero-order valence-electron chi connectivity index (χ0n) is 18.1. The lowest BCUT2D eigenvalue weighted by Crippen LogP contribution is -2.58. The zero-order chi connectivity index (χ0) is 21.8. The van der Waals surface area contributed by atoms with Crippen molar-refractivity contribution in [1.29, 1.82) is 0 Å². The third-order valence-electron chi connectivity index (χ3n) is 7.48. The fourth-order valence-corrected chi connectivity index (χ4v) is 6.04. The van der Waals surface area contributed by atoms with Crippen LogP contribution in [0.3, 0.4) is 0 Å². The number of nitrogens with one attached hydrogen (secondary N) is 1. The number of rotatable bonds is 2. The molecule has 2 spiro atoms. The molecule has 2 saturated carbocycles. The highest BCUT2D eigenvalue weighted by Crippen LogP contribution is 2.51. The molecule has 1 aromatic rings. The Morgan fingerprint density at radius 2 is 1.34 bits per heavy atom. The molecule has 6 rings (SSSR count). The molecule has 0 aromatic heterocycles. The van der Waals surface area contributed by atoms with Gasteiger partial charge >= 0.3 is 0 Å². The molecule has 7 nitrogen and oxygen atoms in total. The van der Waals surface area contributed by atoms with E-state index in [0.29, 0.717) is 10.7 Å². The highest BCUT2D eigenvalue weighted by Gasteiger charge is 2.65. The van der Waals surface area contributed by atoms with Crippen molar-refractivity contribution in [1.82, 2.24) is 0 Å². The SMILES string of the molecule is O=C(Nc1ccc(Cl)cc1)[C@@H]1O[C@@H]2OC3(CCCCC3)O[C@@H]2[C@@H]2OC3(CCCCC3)O[C@@H]21. The molecule has 3 heterocycles. The van der Waals surface area contributed by atoms with Gasteiger partial charge in [0.2, 0.25) is 0 Å². The Kier molecular flexibility index (Phi) is 5.48. The fraction of sp³-hybridized carbons (Fsp3) is 0.708. The van der Waals surface area contributed by atoms with E-state index in [1.807, 2.05) is 0 Å². The molecule has 5 atom stereocenters. The summed E-state index contributed by atoms with van der Waals surface area (Å²) in [5.74, 6) is -1.56. The van der Waals surface area contributed by atoms with Crippen molar-refractivity contribution in [2.45, 2.75) is 106 Å².